The number of piperidine rings is 1. The van der Waals surface area contributed by atoms with Gasteiger partial charge in [0.25, 0.3) is 0 Å². The highest BCUT2D eigenvalue weighted by atomic mass is 35.5. The van der Waals surface area contributed by atoms with Crippen LogP contribution in [0.25, 0.3) is 33.8 Å². The summed E-state index contributed by atoms with van der Waals surface area (Å²) in [5.74, 6) is 1.48. The topological polar surface area (TPSA) is 189 Å². The van der Waals surface area contributed by atoms with Gasteiger partial charge in [-0.25, -0.2) is 24.7 Å². The lowest BCUT2D eigenvalue weighted by Gasteiger charge is -2.31. The summed E-state index contributed by atoms with van der Waals surface area (Å²) in [4.78, 5) is 53.5. The zero-order chi connectivity index (χ0) is 40.9. The molecule has 298 valence electrons. The highest BCUT2D eigenvalue weighted by Crippen LogP contribution is 2.25. The molecule has 15 nitrogen and oxygen atoms in total. The van der Waals surface area contributed by atoms with Crippen LogP contribution in [-0.4, -0.2) is 73.6 Å². The predicted octanol–water partition coefficient (Wildman–Crippen LogP) is 8.16. The summed E-state index contributed by atoms with van der Waals surface area (Å²) in [7, 11) is 0. The second-order valence-corrected chi connectivity index (χ2v) is 13.6. The fraction of sp³-hybridized carbons (Fsp3) is 0.238. The molecule has 4 N–H and O–H groups in total. The molecule has 1 saturated heterocycles. The van der Waals surface area contributed by atoms with E-state index in [0.29, 0.717) is 54.6 Å². The van der Waals surface area contributed by atoms with E-state index < -0.39 is 0 Å². The summed E-state index contributed by atoms with van der Waals surface area (Å²) in [6, 6.07) is 28.1. The van der Waals surface area contributed by atoms with Gasteiger partial charge in [0.2, 0.25) is 23.7 Å². The van der Waals surface area contributed by atoms with Gasteiger partial charge in [-0.1, -0.05) is 53.2 Å². The Hall–Kier alpha value is -6.87. The molecule has 1 aliphatic heterocycles. The monoisotopic (exact) mass is 802 g/mol. The number of amides is 3. The molecule has 4 heterocycles. The average molecular weight is 803 g/mol. The van der Waals surface area contributed by atoms with Crippen molar-refractivity contribution in [3.63, 3.8) is 0 Å². The van der Waals surface area contributed by atoms with Crippen LogP contribution >= 0.6 is 11.6 Å². The largest absolute Gasteiger partial charge is 0.450 e. The van der Waals surface area contributed by atoms with Gasteiger partial charge in [0.05, 0.1) is 24.5 Å². The summed E-state index contributed by atoms with van der Waals surface area (Å²) in [6.07, 6.45) is 4.79. The molecule has 0 aliphatic carbocycles. The summed E-state index contributed by atoms with van der Waals surface area (Å²) in [5, 5.41) is 16.7. The Bertz CT molecular complexity index is 2310. The van der Waals surface area contributed by atoms with Gasteiger partial charge in [-0.15, -0.1) is 0 Å². The Labute approximate surface area is 340 Å². The Morgan fingerprint density at radius 2 is 1.34 bits per heavy atom. The van der Waals surface area contributed by atoms with E-state index in [0.717, 1.165) is 52.3 Å². The smallest absolute Gasteiger partial charge is 0.409 e. The summed E-state index contributed by atoms with van der Waals surface area (Å²) >= 11 is 6.03. The van der Waals surface area contributed by atoms with Gasteiger partial charge < -0.3 is 35.4 Å². The maximum Gasteiger partial charge on any atom is 0.409 e. The van der Waals surface area contributed by atoms with Crippen molar-refractivity contribution in [3.05, 3.63) is 114 Å². The van der Waals surface area contributed by atoms with Crippen LogP contribution in [0.1, 0.15) is 39.4 Å². The second-order valence-electron chi connectivity index (χ2n) is 13.2. The standard InChI is InChI=1S/C22H18ClN5O2.C20H25N5O3/c1-14(29)26-18-7-5-15(6-8-18)20-9-10-24-22(27-20)25-13-19-12-21(28-30-19)16-3-2-4-17(23)11-16;1-3-28-20(27)25-12-9-17(10-13-25)23-19-21-11-8-18(24-19)15-4-6-16(7-5-15)22-14(2)26/h2-12H,13H2,1H3,(H,26,29)(H,24,25,27);4-8,11,17H,3,9-10,12-13H2,1-2H3,(H,22,26)(H,21,23,24). The zero-order valence-corrected chi connectivity index (χ0v) is 33.0. The first kappa shape index (κ1) is 40.8. The molecule has 0 bridgehead atoms. The summed E-state index contributed by atoms with van der Waals surface area (Å²) in [5.41, 5.74) is 6.50. The van der Waals surface area contributed by atoms with Crippen molar-refractivity contribution in [2.45, 2.75) is 46.2 Å². The number of likely N-dealkylation sites (tertiary alicyclic amines) is 1. The van der Waals surface area contributed by atoms with E-state index in [1.54, 1.807) is 17.3 Å². The normalized spacial score (nSPS) is 12.4. The van der Waals surface area contributed by atoms with Crippen LogP contribution < -0.4 is 21.3 Å². The van der Waals surface area contributed by atoms with Gasteiger partial charge in [0, 0.05) is 84.5 Å². The van der Waals surface area contributed by atoms with Crippen molar-refractivity contribution < 1.29 is 23.6 Å². The van der Waals surface area contributed by atoms with Gasteiger partial charge in [0.1, 0.15) is 5.69 Å². The number of rotatable bonds is 11. The second kappa shape index (κ2) is 19.8. The number of nitrogens with zero attached hydrogens (tertiary/aromatic N) is 6. The van der Waals surface area contributed by atoms with Crippen molar-refractivity contribution in [1.29, 1.82) is 0 Å². The minimum absolute atomic E-state index is 0.102. The van der Waals surface area contributed by atoms with Crippen molar-refractivity contribution in [2.24, 2.45) is 0 Å². The number of hydrogen-bond donors (Lipinski definition) is 4. The van der Waals surface area contributed by atoms with Crippen LogP contribution in [0.4, 0.5) is 28.1 Å². The van der Waals surface area contributed by atoms with Gasteiger partial charge in [-0.2, -0.15) is 0 Å². The SMILES string of the molecule is CC(=O)Nc1ccc(-c2ccnc(NCc3cc(-c4cccc(Cl)c4)no3)n2)cc1.CCOC(=O)N1CCC(Nc2nccc(-c3ccc(NC(C)=O)cc3)n2)CC1. The first-order valence-corrected chi connectivity index (χ1v) is 19.1. The molecule has 0 radical (unpaired) electrons. The predicted molar refractivity (Wildman–Crippen MR) is 223 cm³/mol. The van der Waals surface area contributed by atoms with Crippen LogP contribution in [-0.2, 0) is 20.9 Å². The maximum atomic E-state index is 11.8. The van der Waals surface area contributed by atoms with Crippen LogP contribution in [0, 0.1) is 0 Å². The molecule has 0 saturated carbocycles. The van der Waals surface area contributed by atoms with Crippen LogP contribution in [0.15, 0.2) is 108 Å². The zero-order valence-electron chi connectivity index (χ0n) is 32.2. The van der Waals surface area contributed by atoms with E-state index in [4.69, 9.17) is 20.9 Å². The number of carbonyl (C=O) groups excluding carboxylic acids is 3. The van der Waals surface area contributed by atoms with Gasteiger partial charge in [0.15, 0.2) is 5.76 Å². The third-order valence-electron chi connectivity index (χ3n) is 8.77. The highest BCUT2D eigenvalue weighted by Gasteiger charge is 2.24. The Morgan fingerprint density at radius 1 is 0.759 bits per heavy atom. The Balaban J connectivity index is 0.000000196. The molecule has 7 rings (SSSR count). The molecule has 58 heavy (non-hydrogen) atoms. The molecule has 3 aromatic carbocycles. The summed E-state index contributed by atoms with van der Waals surface area (Å²) < 4.78 is 10.4. The fourth-order valence-corrected chi connectivity index (χ4v) is 6.19. The number of nitrogens with one attached hydrogen (secondary N) is 4. The van der Waals surface area contributed by atoms with Crippen molar-refractivity contribution >= 4 is 52.8 Å². The molecule has 6 aromatic rings. The number of ether oxygens (including phenoxy) is 1. The Morgan fingerprint density at radius 3 is 1.91 bits per heavy atom. The van der Waals surface area contributed by atoms with Gasteiger partial charge >= 0.3 is 6.09 Å². The lowest BCUT2D eigenvalue weighted by molar-refractivity contribution is -0.115. The molecular formula is C42H43ClN10O5. The van der Waals surface area contributed by atoms with E-state index in [1.807, 2.05) is 97.9 Å². The molecular weight excluding hydrogens is 760 g/mol. The quantitative estimate of drug-likeness (QED) is 0.0985. The Kier molecular flexibility index (Phi) is 13.9. The van der Waals surface area contributed by atoms with Crippen LogP contribution in [0.3, 0.4) is 0 Å². The lowest BCUT2D eigenvalue weighted by Crippen LogP contribution is -2.42. The minimum Gasteiger partial charge on any atom is -0.450 e. The van der Waals surface area contributed by atoms with E-state index in [1.165, 1.54) is 13.8 Å². The minimum atomic E-state index is -0.248. The third kappa shape index (κ3) is 11.8. The molecule has 0 spiro atoms. The summed E-state index contributed by atoms with van der Waals surface area (Å²) in [6.45, 7) is 6.85. The molecule has 1 aliphatic rings. The number of aromatic nitrogens is 5. The number of benzene rings is 3. The first-order chi connectivity index (χ1) is 28.1. The molecule has 3 aromatic heterocycles. The number of halogens is 1. The molecule has 1 fully saturated rings. The van der Waals surface area contributed by atoms with Crippen molar-refractivity contribution in [3.8, 4) is 33.8 Å². The number of anilines is 4. The van der Waals surface area contributed by atoms with E-state index in [2.05, 4.69) is 46.4 Å². The third-order valence-corrected chi connectivity index (χ3v) is 9.00. The first-order valence-electron chi connectivity index (χ1n) is 18.7. The number of hydrogen-bond acceptors (Lipinski definition) is 12. The van der Waals surface area contributed by atoms with E-state index in [-0.39, 0.29) is 23.9 Å². The highest BCUT2D eigenvalue weighted by molar-refractivity contribution is 6.30. The van der Waals surface area contributed by atoms with Gasteiger partial charge in [-0.05, 0) is 68.3 Å². The molecule has 0 unspecified atom stereocenters. The maximum absolute atomic E-state index is 11.8. The molecule has 3 amide bonds. The fourth-order valence-electron chi connectivity index (χ4n) is 6.00. The molecule has 16 heteroatoms. The van der Waals surface area contributed by atoms with Crippen LogP contribution in [0.5, 0.6) is 0 Å². The number of carbonyl (C=O) groups is 3. The van der Waals surface area contributed by atoms with Crippen LogP contribution in [0.2, 0.25) is 5.02 Å². The molecule has 0 atom stereocenters. The average Bonchev–Trinajstić information content (AvgIpc) is 3.70. The van der Waals surface area contributed by atoms with Crippen molar-refractivity contribution in [2.75, 3.05) is 41.0 Å². The van der Waals surface area contributed by atoms with Crippen molar-refractivity contribution in [1.82, 2.24) is 30.0 Å². The lowest BCUT2D eigenvalue weighted by atomic mass is 10.1. The van der Waals surface area contributed by atoms with E-state index in [9.17, 15) is 14.4 Å². The van der Waals surface area contributed by atoms with Gasteiger partial charge in [-0.3, -0.25) is 9.59 Å². The van der Waals surface area contributed by atoms with E-state index >= 15 is 0 Å².